The van der Waals surface area contributed by atoms with Crippen molar-refractivity contribution >= 4 is 0 Å². The van der Waals surface area contributed by atoms with Crippen LogP contribution in [-0.4, -0.2) is 38.1 Å². The average Bonchev–Trinajstić information content (AvgIpc) is 2.04. The van der Waals surface area contributed by atoms with Crippen molar-refractivity contribution in [2.24, 2.45) is 5.92 Å². The zero-order valence-electron chi connectivity index (χ0n) is 8.41. The van der Waals surface area contributed by atoms with Gasteiger partial charge in [0.05, 0.1) is 12.7 Å². The first-order chi connectivity index (χ1) is 5.65. The Balaban J connectivity index is 3.92. The number of methoxy groups -OCH3 is 2. The second kappa shape index (κ2) is 6.40. The van der Waals surface area contributed by atoms with E-state index < -0.39 is 0 Å². The Morgan fingerprint density at radius 3 is 1.83 bits per heavy atom. The second-order valence-corrected chi connectivity index (χ2v) is 3.36. The quantitative estimate of drug-likeness (QED) is 0.657. The zero-order valence-corrected chi connectivity index (χ0v) is 8.41. The summed E-state index contributed by atoms with van der Waals surface area (Å²) in [5, 5.41) is 8.94. The summed E-state index contributed by atoms with van der Waals surface area (Å²) in [6, 6.07) is 0. The molecule has 0 rings (SSSR count). The highest BCUT2D eigenvalue weighted by Gasteiger charge is 2.20. The van der Waals surface area contributed by atoms with Gasteiger partial charge in [-0.25, -0.2) is 0 Å². The van der Waals surface area contributed by atoms with Gasteiger partial charge >= 0.3 is 0 Å². The first-order valence-corrected chi connectivity index (χ1v) is 4.32. The van der Waals surface area contributed by atoms with Crippen LogP contribution in [0.15, 0.2) is 0 Å². The molecule has 0 radical (unpaired) electrons. The Kier molecular flexibility index (Phi) is 6.34. The fourth-order valence-corrected chi connectivity index (χ4v) is 1.21. The number of aliphatic hydroxyl groups is 1. The van der Waals surface area contributed by atoms with Crippen molar-refractivity contribution in [1.29, 1.82) is 0 Å². The summed E-state index contributed by atoms with van der Waals surface area (Å²) in [4.78, 5) is 0. The Hall–Kier alpha value is -0.120. The first kappa shape index (κ1) is 11.9. The molecule has 0 fully saturated rings. The van der Waals surface area contributed by atoms with E-state index in [4.69, 9.17) is 14.6 Å². The van der Waals surface area contributed by atoms with Crippen molar-refractivity contribution in [2.75, 3.05) is 20.8 Å². The number of ether oxygens (including phenoxy) is 2. The lowest BCUT2D eigenvalue weighted by molar-refractivity contribution is -0.0670. The van der Waals surface area contributed by atoms with Crippen molar-refractivity contribution in [3.63, 3.8) is 0 Å². The molecule has 0 saturated heterocycles. The van der Waals surface area contributed by atoms with Gasteiger partial charge in [-0.05, 0) is 12.3 Å². The van der Waals surface area contributed by atoms with Crippen molar-refractivity contribution in [2.45, 2.75) is 32.5 Å². The summed E-state index contributed by atoms with van der Waals surface area (Å²) in [5.41, 5.74) is 0. The third kappa shape index (κ3) is 4.04. The predicted octanol–water partition coefficient (Wildman–Crippen LogP) is 1.05. The van der Waals surface area contributed by atoms with Crippen LogP contribution in [0, 0.1) is 5.92 Å². The van der Waals surface area contributed by atoms with E-state index >= 15 is 0 Å². The molecule has 2 atom stereocenters. The van der Waals surface area contributed by atoms with Crippen LogP contribution in [0.4, 0.5) is 0 Å². The lowest BCUT2D eigenvalue weighted by atomic mass is 10.0. The molecule has 74 valence electrons. The number of rotatable bonds is 6. The Morgan fingerprint density at radius 2 is 1.58 bits per heavy atom. The molecule has 0 aliphatic heterocycles. The summed E-state index contributed by atoms with van der Waals surface area (Å²) in [5.74, 6) is 0.555. The van der Waals surface area contributed by atoms with E-state index in [0.717, 1.165) is 6.42 Å². The molecule has 0 spiro atoms. The third-order valence-corrected chi connectivity index (χ3v) is 1.90. The van der Waals surface area contributed by atoms with Gasteiger partial charge in [0.25, 0.3) is 0 Å². The number of aliphatic hydroxyl groups excluding tert-OH is 1. The van der Waals surface area contributed by atoms with Crippen LogP contribution in [-0.2, 0) is 9.47 Å². The van der Waals surface area contributed by atoms with E-state index in [1.807, 2.05) is 0 Å². The van der Waals surface area contributed by atoms with Crippen molar-refractivity contribution in [3.8, 4) is 0 Å². The molecule has 3 heteroatoms. The molecule has 0 aliphatic carbocycles. The minimum atomic E-state index is -0.197. The molecule has 0 saturated carbocycles. The van der Waals surface area contributed by atoms with E-state index in [1.54, 1.807) is 14.2 Å². The Bertz CT molecular complexity index is 99.9. The van der Waals surface area contributed by atoms with Gasteiger partial charge in [0.15, 0.2) is 0 Å². The minimum absolute atomic E-state index is 0.000000000000000222. The lowest BCUT2D eigenvalue weighted by Gasteiger charge is -2.24. The van der Waals surface area contributed by atoms with Crippen LogP contribution in [0.1, 0.15) is 20.3 Å². The van der Waals surface area contributed by atoms with Gasteiger partial charge in [-0.15, -0.1) is 0 Å². The molecule has 1 N–H and O–H groups in total. The molecule has 0 aromatic heterocycles. The van der Waals surface area contributed by atoms with E-state index in [2.05, 4.69) is 13.8 Å². The second-order valence-electron chi connectivity index (χ2n) is 3.36. The van der Waals surface area contributed by atoms with Gasteiger partial charge in [0.1, 0.15) is 6.10 Å². The van der Waals surface area contributed by atoms with Crippen molar-refractivity contribution in [3.05, 3.63) is 0 Å². The topological polar surface area (TPSA) is 38.7 Å². The molecule has 2 unspecified atom stereocenters. The summed E-state index contributed by atoms with van der Waals surface area (Å²) in [6.07, 6.45) is 0.715. The van der Waals surface area contributed by atoms with Crippen molar-refractivity contribution < 1.29 is 14.6 Å². The Morgan fingerprint density at radius 1 is 1.08 bits per heavy atom. The molecule has 0 aliphatic rings. The van der Waals surface area contributed by atoms with Gasteiger partial charge in [-0.1, -0.05) is 13.8 Å². The molecule has 0 aromatic rings. The SMILES string of the molecule is COC(CO)C(CC(C)C)OC. The molecule has 12 heavy (non-hydrogen) atoms. The van der Waals surface area contributed by atoms with E-state index in [1.165, 1.54) is 0 Å². The van der Waals surface area contributed by atoms with Gasteiger partial charge in [-0.2, -0.15) is 0 Å². The zero-order chi connectivity index (χ0) is 9.56. The maximum absolute atomic E-state index is 8.94. The lowest BCUT2D eigenvalue weighted by Crippen LogP contribution is -2.34. The smallest absolute Gasteiger partial charge is 0.106 e. The summed E-state index contributed by atoms with van der Waals surface area (Å²) < 4.78 is 10.3. The summed E-state index contributed by atoms with van der Waals surface area (Å²) in [6.45, 7) is 4.26. The molecule has 0 heterocycles. The van der Waals surface area contributed by atoms with Crippen molar-refractivity contribution in [1.82, 2.24) is 0 Å². The third-order valence-electron chi connectivity index (χ3n) is 1.90. The van der Waals surface area contributed by atoms with Gasteiger partial charge in [0.2, 0.25) is 0 Å². The number of hydrogen-bond acceptors (Lipinski definition) is 3. The minimum Gasteiger partial charge on any atom is -0.394 e. The maximum Gasteiger partial charge on any atom is 0.106 e. The standard InChI is InChI=1S/C9H20O3/c1-7(2)5-8(11-3)9(6-10)12-4/h7-10H,5-6H2,1-4H3. The highest BCUT2D eigenvalue weighted by molar-refractivity contribution is 4.70. The van der Waals surface area contributed by atoms with Crippen LogP contribution in [0.25, 0.3) is 0 Å². The van der Waals surface area contributed by atoms with Gasteiger partial charge in [0, 0.05) is 14.2 Å². The molecular weight excluding hydrogens is 156 g/mol. The van der Waals surface area contributed by atoms with E-state index in [0.29, 0.717) is 5.92 Å². The monoisotopic (exact) mass is 176 g/mol. The van der Waals surface area contributed by atoms with Crippen LogP contribution in [0.5, 0.6) is 0 Å². The largest absolute Gasteiger partial charge is 0.394 e. The fourth-order valence-electron chi connectivity index (χ4n) is 1.21. The van der Waals surface area contributed by atoms with Gasteiger partial charge < -0.3 is 14.6 Å². The molecule has 3 nitrogen and oxygen atoms in total. The molecule has 0 amide bonds. The average molecular weight is 176 g/mol. The van der Waals surface area contributed by atoms with Crippen LogP contribution < -0.4 is 0 Å². The molecular formula is C9H20O3. The van der Waals surface area contributed by atoms with E-state index in [9.17, 15) is 0 Å². The molecule has 0 bridgehead atoms. The van der Waals surface area contributed by atoms with Crippen LogP contribution >= 0.6 is 0 Å². The summed E-state index contributed by atoms with van der Waals surface area (Å²) >= 11 is 0. The predicted molar refractivity (Wildman–Crippen MR) is 48.1 cm³/mol. The van der Waals surface area contributed by atoms with E-state index in [-0.39, 0.29) is 18.8 Å². The van der Waals surface area contributed by atoms with Crippen LogP contribution in [0.3, 0.4) is 0 Å². The fraction of sp³-hybridized carbons (Fsp3) is 1.00. The summed E-state index contributed by atoms with van der Waals surface area (Å²) in [7, 11) is 3.24. The van der Waals surface area contributed by atoms with Crippen LogP contribution in [0.2, 0.25) is 0 Å². The first-order valence-electron chi connectivity index (χ1n) is 4.32. The maximum atomic E-state index is 8.94. The highest BCUT2D eigenvalue weighted by atomic mass is 16.5. The number of hydrogen-bond donors (Lipinski definition) is 1. The van der Waals surface area contributed by atoms with Gasteiger partial charge in [-0.3, -0.25) is 0 Å². The normalized spacial score (nSPS) is 16.5. The highest BCUT2D eigenvalue weighted by Crippen LogP contribution is 2.12. The Labute approximate surface area is 74.7 Å². The molecule has 0 aromatic carbocycles.